The molecule has 0 N–H and O–H groups in total. The summed E-state index contributed by atoms with van der Waals surface area (Å²) in [6, 6.07) is 0. The fourth-order valence-corrected chi connectivity index (χ4v) is 9.02. The number of carbonyl (C=O) groups excluding carboxylic acids is 2. The van der Waals surface area contributed by atoms with Gasteiger partial charge in [-0.05, 0) is 90.8 Å². The van der Waals surface area contributed by atoms with Crippen molar-refractivity contribution in [3.63, 3.8) is 0 Å². The molecule has 4 fully saturated rings. The molecule has 4 aliphatic carbocycles. The molecule has 174 valence electrons. The van der Waals surface area contributed by atoms with Crippen LogP contribution in [0.2, 0.25) is 0 Å². The van der Waals surface area contributed by atoms with Crippen molar-refractivity contribution in [3.05, 3.63) is 12.2 Å². The van der Waals surface area contributed by atoms with Crippen molar-refractivity contribution < 1.29 is 9.59 Å². The molecular weight excluding hydrogens is 380 g/mol. The normalized spacial score (nSPS) is 44.8. The summed E-state index contributed by atoms with van der Waals surface area (Å²) in [4.78, 5) is 25.4. The predicted octanol–water partition coefficient (Wildman–Crippen LogP) is 7.27. The summed E-state index contributed by atoms with van der Waals surface area (Å²) in [7, 11) is 0. The topological polar surface area (TPSA) is 34.1 Å². The van der Waals surface area contributed by atoms with E-state index in [-0.39, 0.29) is 11.3 Å². The molecule has 2 heteroatoms. The van der Waals surface area contributed by atoms with Gasteiger partial charge < -0.3 is 0 Å². The van der Waals surface area contributed by atoms with Gasteiger partial charge in [-0.1, -0.05) is 53.7 Å². The molecule has 2 nitrogen and oxygen atoms in total. The van der Waals surface area contributed by atoms with Gasteiger partial charge in [0.25, 0.3) is 0 Å². The highest BCUT2D eigenvalue weighted by Gasteiger charge is 2.62. The van der Waals surface area contributed by atoms with Gasteiger partial charge in [0.1, 0.15) is 11.6 Å². The summed E-state index contributed by atoms with van der Waals surface area (Å²) in [6.07, 6.45) is 14.4. The molecule has 0 heterocycles. The number of Topliss-reactive ketones (excluding diaryl/α,β-unsaturated/α-hetero) is 2. The van der Waals surface area contributed by atoms with Gasteiger partial charge in [-0.25, -0.2) is 0 Å². The van der Waals surface area contributed by atoms with Gasteiger partial charge in [-0.2, -0.15) is 0 Å². The van der Waals surface area contributed by atoms with Crippen molar-refractivity contribution in [3.8, 4) is 0 Å². The van der Waals surface area contributed by atoms with E-state index in [1.807, 2.05) is 0 Å². The lowest BCUT2D eigenvalue weighted by atomic mass is 9.44. The minimum atomic E-state index is 0.0143. The van der Waals surface area contributed by atoms with E-state index < -0.39 is 0 Å². The first-order valence-corrected chi connectivity index (χ1v) is 13.3. The van der Waals surface area contributed by atoms with Crippen LogP contribution in [0.15, 0.2) is 12.2 Å². The SMILES string of the molecule is CC[C@H](/C=C/[C@@H](C)[C@H]1CC[C@H]2[C@@H]3CC(=O)C4CC(=O)CC[C@]4(C)[C@H]3CC[C@]12C)C(C)C. The van der Waals surface area contributed by atoms with Crippen molar-refractivity contribution in [1.82, 2.24) is 0 Å². The van der Waals surface area contributed by atoms with Gasteiger partial charge in [-0.15, -0.1) is 0 Å². The molecule has 0 aliphatic heterocycles. The van der Waals surface area contributed by atoms with Gasteiger partial charge in [0, 0.05) is 25.2 Å². The summed E-state index contributed by atoms with van der Waals surface area (Å²) in [6.45, 7) is 14.4. The van der Waals surface area contributed by atoms with E-state index in [1.165, 1.54) is 32.1 Å². The Morgan fingerprint density at radius 3 is 2.32 bits per heavy atom. The van der Waals surface area contributed by atoms with Crippen molar-refractivity contribution in [1.29, 1.82) is 0 Å². The first-order chi connectivity index (χ1) is 14.6. The van der Waals surface area contributed by atoms with Gasteiger partial charge in [-0.3, -0.25) is 9.59 Å². The van der Waals surface area contributed by atoms with Crippen molar-refractivity contribution in [2.75, 3.05) is 0 Å². The van der Waals surface area contributed by atoms with E-state index in [4.69, 9.17) is 0 Å². The highest BCUT2D eigenvalue weighted by Crippen LogP contribution is 2.67. The maximum absolute atomic E-state index is 13.3. The van der Waals surface area contributed by atoms with Crippen LogP contribution in [0.1, 0.15) is 99.3 Å². The van der Waals surface area contributed by atoms with E-state index in [9.17, 15) is 9.59 Å². The highest BCUT2D eigenvalue weighted by atomic mass is 16.1. The minimum absolute atomic E-state index is 0.0143. The van der Waals surface area contributed by atoms with Crippen LogP contribution in [0.3, 0.4) is 0 Å². The van der Waals surface area contributed by atoms with Crippen LogP contribution in [0, 0.1) is 58.2 Å². The Morgan fingerprint density at radius 1 is 0.935 bits per heavy atom. The molecule has 0 aromatic rings. The first-order valence-electron chi connectivity index (χ1n) is 13.3. The Bertz CT molecular complexity index is 735. The molecule has 0 spiro atoms. The van der Waals surface area contributed by atoms with Crippen LogP contribution >= 0.6 is 0 Å². The number of ketones is 2. The molecule has 0 radical (unpaired) electrons. The summed E-state index contributed by atoms with van der Waals surface area (Å²) in [5, 5.41) is 0. The molecule has 4 saturated carbocycles. The summed E-state index contributed by atoms with van der Waals surface area (Å²) >= 11 is 0. The average Bonchev–Trinajstić information content (AvgIpc) is 3.07. The molecular formula is C29H46O2. The average molecular weight is 427 g/mol. The zero-order valence-corrected chi connectivity index (χ0v) is 21.0. The lowest BCUT2D eigenvalue weighted by molar-refractivity contribution is -0.158. The first kappa shape index (κ1) is 23.2. The lowest BCUT2D eigenvalue weighted by Gasteiger charge is -2.59. The molecule has 0 aromatic carbocycles. The zero-order valence-electron chi connectivity index (χ0n) is 21.0. The molecule has 4 aliphatic rings. The summed E-state index contributed by atoms with van der Waals surface area (Å²) < 4.78 is 0. The number of hydrogen-bond donors (Lipinski definition) is 0. The van der Waals surface area contributed by atoms with Crippen LogP contribution < -0.4 is 0 Å². The summed E-state index contributed by atoms with van der Waals surface area (Å²) in [5.41, 5.74) is 0.447. The maximum Gasteiger partial charge on any atom is 0.137 e. The molecule has 0 aromatic heterocycles. The van der Waals surface area contributed by atoms with Crippen LogP contribution in [-0.2, 0) is 9.59 Å². The smallest absolute Gasteiger partial charge is 0.137 e. The van der Waals surface area contributed by atoms with Crippen molar-refractivity contribution >= 4 is 11.6 Å². The van der Waals surface area contributed by atoms with Gasteiger partial charge >= 0.3 is 0 Å². The molecule has 9 atom stereocenters. The number of hydrogen-bond acceptors (Lipinski definition) is 2. The highest BCUT2D eigenvalue weighted by molar-refractivity contribution is 5.90. The van der Waals surface area contributed by atoms with Crippen LogP contribution in [0.4, 0.5) is 0 Å². The fraction of sp³-hybridized carbons (Fsp3) is 0.862. The van der Waals surface area contributed by atoms with E-state index in [1.54, 1.807) is 0 Å². The Kier molecular flexibility index (Phi) is 6.34. The Labute approximate surface area is 191 Å². The molecule has 0 bridgehead atoms. The number of allylic oxidation sites excluding steroid dienone is 2. The van der Waals surface area contributed by atoms with E-state index in [0.29, 0.717) is 65.3 Å². The van der Waals surface area contributed by atoms with Crippen LogP contribution in [0.25, 0.3) is 0 Å². The molecule has 31 heavy (non-hydrogen) atoms. The third-order valence-corrected chi connectivity index (χ3v) is 11.0. The molecule has 0 saturated heterocycles. The Balaban J connectivity index is 1.54. The van der Waals surface area contributed by atoms with E-state index in [2.05, 4.69) is 53.7 Å². The second kappa shape index (κ2) is 8.45. The maximum atomic E-state index is 13.3. The second-order valence-electron chi connectivity index (χ2n) is 12.6. The van der Waals surface area contributed by atoms with Gasteiger partial charge in [0.2, 0.25) is 0 Å². The van der Waals surface area contributed by atoms with Crippen molar-refractivity contribution in [2.24, 2.45) is 58.2 Å². The second-order valence-corrected chi connectivity index (χ2v) is 12.6. The largest absolute Gasteiger partial charge is 0.300 e. The van der Waals surface area contributed by atoms with Gasteiger partial charge in [0.05, 0.1) is 0 Å². The zero-order chi connectivity index (χ0) is 22.6. The molecule has 1 unspecified atom stereocenters. The van der Waals surface area contributed by atoms with E-state index >= 15 is 0 Å². The quantitative estimate of drug-likeness (QED) is 0.433. The Hall–Kier alpha value is -0.920. The standard InChI is InChI=1S/C29H46O2/c1-7-20(18(2)3)9-8-19(4)23-10-11-24-22-17-27(31)26-16-21(30)12-14-29(26,6)25(22)13-15-28(23,24)5/h8-9,18-20,22-26H,7,10-17H2,1-6H3/b9-8+/t19-,20-,22+,23-,24+,25+,26?,28-,29-/m1/s1. The molecule has 0 amide bonds. The van der Waals surface area contributed by atoms with Crippen LogP contribution in [0.5, 0.6) is 0 Å². The van der Waals surface area contributed by atoms with E-state index in [0.717, 1.165) is 18.8 Å². The third-order valence-electron chi connectivity index (χ3n) is 11.0. The Morgan fingerprint density at radius 2 is 1.65 bits per heavy atom. The van der Waals surface area contributed by atoms with Crippen LogP contribution in [-0.4, -0.2) is 11.6 Å². The minimum Gasteiger partial charge on any atom is -0.300 e. The summed E-state index contributed by atoms with van der Waals surface area (Å²) in [5.74, 6) is 5.41. The monoisotopic (exact) mass is 426 g/mol. The lowest BCUT2D eigenvalue weighted by Crippen LogP contribution is -2.56. The number of fused-ring (bicyclic) bond motifs is 5. The number of carbonyl (C=O) groups is 2. The predicted molar refractivity (Wildman–Crippen MR) is 128 cm³/mol. The molecule has 4 rings (SSSR count). The fourth-order valence-electron chi connectivity index (χ4n) is 9.02. The number of rotatable bonds is 5. The van der Waals surface area contributed by atoms with Crippen molar-refractivity contribution in [2.45, 2.75) is 99.3 Å². The van der Waals surface area contributed by atoms with Gasteiger partial charge in [0.15, 0.2) is 0 Å². The third kappa shape index (κ3) is 3.78.